The monoisotopic (exact) mass is 502 g/mol. The summed E-state index contributed by atoms with van der Waals surface area (Å²) in [5, 5.41) is -0.702. The Bertz CT molecular complexity index is 391. The topological polar surface area (TPSA) is 101 Å². The van der Waals surface area contributed by atoms with Gasteiger partial charge in [-0.05, 0) is 0 Å². The minimum atomic E-state index is -3.44. The minimum absolute atomic E-state index is 0. The average molecular weight is 502 g/mol. The zero-order valence-electron chi connectivity index (χ0n) is 7.17. The normalized spacial score (nSPS) is 18.1. The van der Waals surface area contributed by atoms with Crippen LogP contribution in [0.25, 0.3) is 0 Å². The van der Waals surface area contributed by atoms with Gasteiger partial charge in [-0.1, -0.05) is 0 Å². The van der Waals surface area contributed by atoms with Crippen LogP contribution in [-0.2, 0) is 30.8 Å². The number of rotatable bonds is 3. The van der Waals surface area contributed by atoms with Crippen LogP contribution in [0.2, 0.25) is 0 Å². The molecule has 0 aliphatic rings. The molecule has 0 aromatic rings. The van der Waals surface area contributed by atoms with E-state index >= 15 is 0 Å². The summed E-state index contributed by atoms with van der Waals surface area (Å²) < 4.78 is 53.5. The van der Waals surface area contributed by atoms with E-state index < -0.39 is 35.9 Å². The molecule has 0 radical (unpaired) electrons. The molecule has 0 rings (SSSR count). The molecule has 0 fully saturated rings. The third-order valence-electron chi connectivity index (χ3n) is 0.654. The predicted octanol–water partition coefficient (Wildman–Crippen LogP) is -0.777. The van der Waals surface area contributed by atoms with E-state index in [0.717, 1.165) is 12.5 Å². The van der Waals surface area contributed by atoms with Crippen molar-refractivity contribution in [2.24, 2.45) is 3.77 Å². The molecule has 6 nitrogen and oxygen atoms in total. The van der Waals surface area contributed by atoms with Crippen LogP contribution in [-0.4, -0.2) is 39.0 Å². The van der Waals surface area contributed by atoms with E-state index in [9.17, 15) is 16.8 Å². The molecule has 0 heterocycles. The Morgan fingerprint density at radius 2 is 1.69 bits per heavy atom. The van der Waals surface area contributed by atoms with Gasteiger partial charge < -0.3 is 0 Å². The Morgan fingerprint density at radius 3 is 1.92 bits per heavy atom. The Labute approximate surface area is 73.9 Å². The zero-order valence-corrected chi connectivity index (χ0v) is 16.0. The Balaban J connectivity index is 0. The molecular weight excluding hydrogens is 493 g/mol. The van der Waals surface area contributed by atoms with Crippen molar-refractivity contribution < 1.29 is 21.4 Å². The van der Waals surface area contributed by atoms with Crippen LogP contribution in [0.1, 0.15) is 0 Å². The average Bonchev–Trinajstić information content (AvgIpc) is 1.48. The van der Waals surface area contributed by atoms with Crippen molar-refractivity contribution in [2.45, 2.75) is 0 Å². The fourth-order valence-electron chi connectivity index (χ4n) is 0.554. The largest absolute Gasteiger partial charge is 0.290 e. The number of hydrogen-bond acceptors (Lipinski definition) is 4. The van der Waals surface area contributed by atoms with Crippen LogP contribution in [0, 0.1) is 0 Å². The Hall–Kier alpha value is -0.990. The van der Waals surface area contributed by atoms with Crippen LogP contribution in [0.3, 0.4) is 0 Å². The number of sulfone groups is 1. The standard InChI is InChI=1S/C3H9NO5S3.Rf/c1-11(7,4-10(5)6)3-12(2,8)9;/h3H2,1-2H3,(H,5,6);. The van der Waals surface area contributed by atoms with Crippen LogP contribution >= 0.6 is 0 Å². The molecule has 0 bridgehead atoms. The molecule has 0 saturated heterocycles. The summed E-state index contributed by atoms with van der Waals surface area (Å²) in [6, 6.07) is 0. The van der Waals surface area contributed by atoms with Gasteiger partial charge in [-0.3, -0.25) is 4.55 Å². The predicted molar refractivity (Wildman–Crippen MR) is 47.0 cm³/mol. The molecule has 0 amide bonds. The summed E-state index contributed by atoms with van der Waals surface area (Å²) in [5.41, 5.74) is 0. The van der Waals surface area contributed by atoms with Crippen LogP contribution < -0.4 is 0 Å². The molecule has 10 heteroatoms. The van der Waals surface area contributed by atoms with Crippen molar-refractivity contribution in [3.63, 3.8) is 0 Å². The smallest absolute Gasteiger partial charge is 0.287 e. The molecule has 2 atom stereocenters. The summed E-state index contributed by atoms with van der Waals surface area (Å²) in [6.07, 6.45) is 1.90. The fraction of sp³-hybridized carbons (Fsp3) is 1.00. The van der Waals surface area contributed by atoms with E-state index in [1.165, 1.54) is 0 Å². The van der Waals surface area contributed by atoms with Crippen LogP contribution in [0.4, 0.5) is 0 Å². The number of hydrogen-bond donors (Lipinski definition) is 1. The van der Waals surface area contributed by atoms with E-state index in [4.69, 9.17) is 4.55 Å². The van der Waals surface area contributed by atoms with Crippen molar-refractivity contribution in [3.8, 4) is 0 Å². The van der Waals surface area contributed by atoms with Gasteiger partial charge in [0.05, 0.1) is 9.73 Å². The first-order chi connectivity index (χ1) is 5.12. The molecule has 0 aromatic heterocycles. The number of nitrogens with zero attached hydrogens (tertiary/aromatic N) is 1. The molecule has 13 heavy (non-hydrogen) atoms. The van der Waals surface area contributed by atoms with Crippen molar-refractivity contribution in [2.75, 3.05) is 17.6 Å². The molecule has 0 aromatic carbocycles. The van der Waals surface area contributed by atoms with Crippen molar-refractivity contribution in [1.29, 1.82) is 0 Å². The summed E-state index contributed by atoms with van der Waals surface area (Å²) >= 11 is -2.58. The van der Waals surface area contributed by atoms with E-state index in [0.29, 0.717) is 0 Å². The van der Waals surface area contributed by atoms with Gasteiger partial charge in [0.15, 0.2) is 9.84 Å². The molecule has 0 aliphatic heterocycles. The molecule has 2 unspecified atom stereocenters. The fourth-order valence-corrected chi connectivity index (χ4v) is 5.37. The molecule has 0 saturated carbocycles. The zero-order chi connectivity index (χ0) is 9.99. The van der Waals surface area contributed by atoms with Gasteiger partial charge in [0, 0.05) is 12.5 Å². The maximum absolute atomic E-state index is 11.1. The molecular formula is C3H9NO5RfS3. The van der Waals surface area contributed by atoms with Crippen molar-refractivity contribution in [3.05, 3.63) is 0 Å². The van der Waals surface area contributed by atoms with Gasteiger partial charge in [0.2, 0.25) is 0 Å². The van der Waals surface area contributed by atoms with Crippen LogP contribution in [0.5, 0.6) is 0 Å². The summed E-state index contributed by atoms with van der Waals surface area (Å²) in [5.74, 6) is 0. The van der Waals surface area contributed by atoms with Crippen LogP contribution in [0.15, 0.2) is 3.77 Å². The molecule has 76 valence electrons. The third-order valence-corrected chi connectivity index (χ3v) is 5.89. The maximum atomic E-state index is 11.1. The van der Waals surface area contributed by atoms with Crippen molar-refractivity contribution >= 4 is 30.8 Å². The van der Waals surface area contributed by atoms with E-state index in [1.807, 2.05) is 0 Å². The van der Waals surface area contributed by atoms with Gasteiger partial charge in [-0.25, -0.2) is 16.8 Å². The molecule has 0 aliphatic carbocycles. The minimum Gasteiger partial charge on any atom is -0.287 e. The van der Waals surface area contributed by atoms with Crippen molar-refractivity contribution in [1.82, 2.24) is 0 Å². The summed E-state index contributed by atoms with van der Waals surface area (Å²) in [4.78, 5) is 0. The van der Waals surface area contributed by atoms with E-state index in [-0.39, 0.29) is 0 Å². The molecule has 0 spiro atoms. The summed E-state index contributed by atoms with van der Waals surface area (Å²) in [6.45, 7) is 0. The Morgan fingerprint density at radius 1 is 1.31 bits per heavy atom. The van der Waals surface area contributed by atoms with Gasteiger partial charge in [-0.15, -0.1) is 3.77 Å². The second-order valence-electron chi connectivity index (χ2n) is 2.31. The van der Waals surface area contributed by atoms with E-state index in [2.05, 4.69) is 3.77 Å². The summed E-state index contributed by atoms with van der Waals surface area (Å²) in [7, 11) is -6.54. The first-order valence-electron chi connectivity index (χ1n) is 2.61. The maximum Gasteiger partial charge on any atom is 0.290 e. The van der Waals surface area contributed by atoms with Gasteiger partial charge in [0.1, 0.15) is 5.08 Å². The second kappa shape index (κ2) is 4.30. The van der Waals surface area contributed by atoms with Gasteiger partial charge in [-0.2, -0.15) is 0 Å². The molecule has 1 N–H and O–H groups in total. The first kappa shape index (κ1) is 14.5. The second-order valence-corrected chi connectivity index (χ2v) is 8.08. The Kier molecular flexibility index (Phi) is 4.81. The van der Waals surface area contributed by atoms with E-state index in [1.54, 1.807) is 0 Å². The first-order valence-corrected chi connectivity index (χ1v) is 7.82. The third kappa shape index (κ3) is 8.92. The SMILES string of the molecule is CS(=O)(=O)CS(C)(=O)=NS(=O)O.[Rf]. The quantitative estimate of drug-likeness (QED) is 0.511. The van der Waals surface area contributed by atoms with Gasteiger partial charge >= 0.3 is 0 Å². The van der Waals surface area contributed by atoms with Gasteiger partial charge in [0.25, 0.3) is 11.3 Å².